The largest absolute Gasteiger partial charge is 0.512 e. The lowest BCUT2D eigenvalue weighted by Crippen LogP contribution is -2.11. The predicted molar refractivity (Wildman–Crippen MR) is 103 cm³/mol. The first-order chi connectivity index (χ1) is 13.4. The minimum atomic E-state index is -1.46. The van der Waals surface area contributed by atoms with E-state index in [4.69, 9.17) is 37.8 Å². The first kappa shape index (κ1) is 19.9. The monoisotopic (exact) mass is 422 g/mol. The number of hydrogen-bond acceptors (Lipinski definition) is 6. The number of imidazole rings is 1. The van der Waals surface area contributed by atoms with Gasteiger partial charge in [-0.1, -0.05) is 23.2 Å². The summed E-state index contributed by atoms with van der Waals surface area (Å²) in [5.74, 6) is 0.745. The number of hydrogen-bond donors (Lipinski definition) is 1. The molecule has 0 saturated heterocycles. The number of nitrogens with zero attached hydrogens (tertiary/aromatic N) is 4. The van der Waals surface area contributed by atoms with Gasteiger partial charge in [0.25, 0.3) is 0 Å². The van der Waals surface area contributed by atoms with Crippen molar-refractivity contribution in [2.75, 3.05) is 6.61 Å². The van der Waals surface area contributed by atoms with Gasteiger partial charge in [-0.15, -0.1) is 0 Å². The summed E-state index contributed by atoms with van der Waals surface area (Å²) in [5.41, 5.74) is 1.43. The summed E-state index contributed by atoms with van der Waals surface area (Å²) in [7, 11) is 0. The highest BCUT2D eigenvalue weighted by Crippen LogP contribution is 2.30. The van der Waals surface area contributed by atoms with Gasteiger partial charge in [-0.2, -0.15) is 0 Å². The van der Waals surface area contributed by atoms with Crippen LogP contribution in [0.25, 0.3) is 11.5 Å². The van der Waals surface area contributed by atoms with Crippen LogP contribution >= 0.6 is 23.2 Å². The second-order valence-corrected chi connectivity index (χ2v) is 6.54. The van der Waals surface area contributed by atoms with Crippen molar-refractivity contribution in [1.82, 2.24) is 19.5 Å². The van der Waals surface area contributed by atoms with E-state index in [1.165, 1.54) is 12.4 Å². The van der Waals surface area contributed by atoms with Crippen molar-refractivity contribution in [3.05, 3.63) is 51.9 Å². The Hall–Kier alpha value is -2.84. The normalized spacial score (nSPS) is 10.7. The Morgan fingerprint density at radius 3 is 2.75 bits per heavy atom. The maximum atomic E-state index is 11.2. The SMILES string of the molecule is CCOc1cncc(-c2nc(C)c(OC(=O)O)n2Cc2cc(Cl)ccc2Cl)n1. The average molecular weight is 423 g/mol. The maximum absolute atomic E-state index is 11.2. The molecule has 0 aliphatic carbocycles. The number of ether oxygens (including phenoxy) is 2. The fourth-order valence-electron chi connectivity index (χ4n) is 2.62. The van der Waals surface area contributed by atoms with Gasteiger partial charge in [0.15, 0.2) is 5.82 Å². The molecule has 0 amide bonds. The summed E-state index contributed by atoms with van der Waals surface area (Å²) in [6, 6.07) is 5.02. The minimum Gasteiger partial charge on any atom is -0.477 e. The summed E-state index contributed by atoms with van der Waals surface area (Å²) in [6.45, 7) is 4.06. The molecule has 0 bridgehead atoms. The number of benzene rings is 1. The van der Waals surface area contributed by atoms with Crippen molar-refractivity contribution in [2.24, 2.45) is 0 Å². The molecule has 0 spiro atoms. The summed E-state index contributed by atoms with van der Waals surface area (Å²) in [4.78, 5) is 24.1. The van der Waals surface area contributed by atoms with Gasteiger partial charge in [0.1, 0.15) is 11.4 Å². The molecule has 0 atom stereocenters. The van der Waals surface area contributed by atoms with E-state index in [-0.39, 0.29) is 12.4 Å². The van der Waals surface area contributed by atoms with Crippen LogP contribution in [-0.2, 0) is 6.54 Å². The predicted octanol–water partition coefficient (Wildman–Crippen LogP) is 4.46. The Balaban J connectivity index is 2.13. The number of rotatable bonds is 6. The number of carbonyl (C=O) groups is 1. The third-order valence-corrected chi connectivity index (χ3v) is 4.34. The average Bonchev–Trinajstić information content (AvgIpc) is 2.94. The van der Waals surface area contributed by atoms with E-state index < -0.39 is 6.16 Å². The molecule has 2 heterocycles. The zero-order valence-corrected chi connectivity index (χ0v) is 16.5. The standard InChI is InChI=1S/C18H16Cl2N4O4/c1-3-27-15-8-21-7-14(23-15)16-22-10(2)17(28-18(25)26)24(16)9-11-6-12(19)4-5-13(11)20/h4-8H,3,9H2,1-2H3,(H,25,26). The second kappa shape index (κ2) is 8.45. The van der Waals surface area contributed by atoms with Crippen LogP contribution in [0.1, 0.15) is 18.2 Å². The zero-order chi connectivity index (χ0) is 20.3. The molecule has 0 fully saturated rings. The van der Waals surface area contributed by atoms with Crippen LogP contribution < -0.4 is 9.47 Å². The van der Waals surface area contributed by atoms with Crippen LogP contribution in [0.2, 0.25) is 10.0 Å². The molecule has 10 heteroatoms. The third-order valence-electron chi connectivity index (χ3n) is 3.74. The topological polar surface area (TPSA) is 99.4 Å². The fourth-order valence-corrected chi connectivity index (χ4v) is 2.99. The first-order valence-corrected chi connectivity index (χ1v) is 9.01. The number of halogens is 2. The summed E-state index contributed by atoms with van der Waals surface area (Å²) in [6.07, 6.45) is 1.53. The molecule has 146 valence electrons. The second-order valence-electron chi connectivity index (χ2n) is 5.69. The molecule has 0 aliphatic rings. The Morgan fingerprint density at radius 1 is 1.25 bits per heavy atom. The molecule has 0 unspecified atom stereocenters. The van der Waals surface area contributed by atoms with Crippen LogP contribution in [0.4, 0.5) is 4.79 Å². The maximum Gasteiger partial charge on any atom is 0.512 e. The highest BCUT2D eigenvalue weighted by atomic mass is 35.5. The zero-order valence-electron chi connectivity index (χ0n) is 15.0. The summed E-state index contributed by atoms with van der Waals surface area (Å²) >= 11 is 12.4. The molecule has 0 saturated carbocycles. The van der Waals surface area contributed by atoms with Crippen molar-refractivity contribution in [3.8, 4) is 23.3 Å². The van der Waals surface area contributed by atoms with E-state index in [9.17, 15) is 4.79 Å². The molecule has 2 aromatic heterocycles. The molecule has 3 aromatic rings. The quantitative estimate of drug-likeness (QED) is 0.585. The van der Waals surface area contributed by atoms with E-state index in [0.717, 1.165) is 0 Å². The van der Waals surface area contributed by atoms with E-state index in [0.29, 0.717) is 45.3 Å². The molecular weight excluding hydrogens is 407 g/mol. The Morgan fingerprint density at radius 2 is 2.04 bits per heavy atom. The Kier molecular flexibility index (Phi) is 6.01. The molecule has 1 N–H and O–H groups in total. The van der Waals surface area contributed by atoms with Crippen LogP contribution in [0.15, 0.2) is 30.6 Å². The van der Waals surface area contributed by atoms with E-state index >= 15 is 0 Å². The fraction of sp³-hybridized carbons (Fsp3) is 0.222. The van der Waals surface area contributed by atoms with Crippen LogP contribution in [0.3, 0.4) is 0 Å². The highest BCUT2D eigenvalue weighted by molar-refractivity contribution is 6.33. The summed E-state index contributed by atoms with van der Waals surface area (Å²) < 4.78 is 11.9. The number of carboxylic acid groups (broad SMARTS) is 1. The molecule has 0 aliphatic heterocycles. The molecular formula is C18H16Cl2N4O4. The third kappa shape index (κ3) is 4.35. The van der Waals surface area contributed by atoms with Gasteiger partial charge in [0, 0.05) is 10.0 Å². The molecule has 8 nitrogen and oxygen atoms in total. The van der Waals surface area contributed by atoms with Crippen molar-refractivity contribution in [3.63, 3.8) is 0 Å². The highest BCUT2D eigenvalue weighted by Gasteiger charge is 2.22. The number of aryl methyl sites for hydroxylation is 1. The van der Waals surface area contributed by atoms with Crippen molar-refractivity contribution in [2.45, 2.75) is 20.4 Å². The number of aromatic nitrogens is 4. The van der Waals surface area contributed by atoms with Crippen molar-refractivity contribution < 1.29 is 19.4 Å². The van der Waals surface area contributed by atoms with Crippen LogP contribution in [0.5, 0.6) is 11.8 Å². The molecule has 1 aromatic carbocycles. The molecule has 28 heavy (non-hydrogen) atoms. The van der Waals surface area contributed by atoms with Gasteiger partial charge >= 0.3 is 6.16 Å². The lowest BCUT2D eigenvalue weighted by atomic mass is 10.2. The van der Waals surface area contributed by atoms with Gasteiger partial charge in [-0.25, -0.2) is 14.8 Å². The van der Waals surface area contributed by atoms with Crippen LogP contribution in [0, 0.1) is 6.92 Å². The lowest BCUT2D eigenvalue weighted by Gasteiger charge is -2.13. The van der Waals surface area contributed by atoms with Crippen molar-refractivity contribution >= 4 is 29.4 Å². The molecule has 0 radical (unpaired) electrons. The van der Waals surface area contributed by atoms with E-state index in [2.05, 4.69) is 15.0 Å². The Bertz CT molecular complexity index is 1020. The Labute approximate surface area is 170 Å². The van der Waals surface area contributed by atoms with Gasteiger partial charge in [0.2, 0.25) is 11.8 Å². The van der Waals surface area contributed by atoms with E-state index in [1.807, 2.05) is 6.92 Å². The van der Waals surface area contributed by atoms with Gasteiger partial charge in [0.05, 0.1) is 25.5 Å². The smallest absolute Gasteiger partial charge is 0.477 e. The lowest BCUT2D eigenvalue weighted by molar-refractivity contribution is 0.140. The van der Waals surface area contributed by atoms with Gasteiger partial charge in [-0.3, -0.25) is 9.55 Å². The van der Waals surface area contributed by atoms with Crippen molar-refractivity contribution in [1.29, 1.82) is 0 Å². The molecule has 3 rings (SSSR count). The van der Waals surface area contributed by atoms with E-state index in [1.54, 1.807) is 29.7 Å². The van der Waals surface area contributed by atoms with Gasteiger partial charge < -0.3 is 14.6 Å². The van der Waals surface area contributed by atoms with Crippen LogP contribution in [-0.4, -0.2) is 37.4 Å². The minimum absolute atomic E-state index is 0.0576. The first-order valence-electron chi connectivity index (χ1n) is 8.26. The summed E-state index contributed by atoms with van der Waals surface area (Å²) in [5, 5.41) is 10.1. The van der Waals surface area contributed by atoms with Gasteiger partial charge in [-0.05, 0) is 37.6 Å².